The Morgan fingerprint density at radius 1 is 1.12 bits per heavy atom. The smallest absolute Gasteiger partial charge is 0.220 e. The standard InChI is InChI=1S/C13H23NO2/c1-3-5-13(16)14-11-8-6-10(7-9-11)12(15)4-2/h10-11H,3-9H2,1-2H3,(H,14,16). The molecule has 0 spiro atoms. The highest BCUT2D eigenvalue weighted by Crippen LogP contribution is 2.25. The largest absolute Gasteiger partial charge is 0.353 e. The summed E-state index contributed by atoms with van der Waals surface area (Å²) in [4.78, 5) is 22.9. The Morgan fingerprint density at radius 3 is 2.25 bits per heavy atom. The molecule has 0 radical (unpaired) electrons. The lowest BCUT2D eigenvalue weighted by Gasteiger charge is -2.28. The summed E-state index contributed by atoms with van der Waals surface area (Å²) in [5.74, 6) is 0.801. The molecule has 92 valence electrons. The molecular formula is C13H23NO2. The maximum Gasteiger partial charge on any atom is 0.220 e. The number of carbonyl (C=O) groups excluding carboxylic acids is 2. The van der Waals surface area contributed by atoms with Crippen LogP contribution in [0.3, 0.4) is 0 Å². The molecule has 0 atom stereocenters. The fourth-order valence-electron chi connectivity index (χ4n) is 2.38. The second kappa shape index (κ2) is 6.66. The third-order valence-electron chi connectivity index (χ3n) is 3.37. The second-order valence-corrected chi connectivity index (χ2v) is 4.69. The lowest BCUT2D eigenvalue weighted by molar-refractivity contribution is -0.123. The highest BCUT2D eigenvalue weighted by atomic mass is 16.1. The van der Waals surface area contributed by atoms with Crippen molar-refractivity contribution in [3.63, 3.8) is 0 Å². The molecule has 0 aromatic rings. The zero-order valence-corrected chi connectivity index (χ0v) is 10.4. The van der Waals surface area contributed by atoms with Gasteiger partial charge in [0.2, 0.25) is 5.91 Å². The van der Waals surface area contributed by atoms with Gasteiger partial charge in [-0.15, -0.1) is 0 Å². The Labute approximate surface area is 98.0 Å². The van der Waals surface area contributed by atoms with E-state index in [9.17, 15) is 9.59 Å². The minimum Gasteiger partial charge on any atom is -0.353 e. The summed E-state index contributed by atoms with van der Waals surface area (Å²) in [5.41, 5.74) is 0. The van der Waals surface area contributed by atoms with Gasteiger partial charge in [-0.1, -0.05) is 13.8 Å². The van der Waals surface area contributed by atoms with E-state index in [2.05, 4.69) is 5.32 Å². The van der Waals surface area contributed by atoms with E-state index < -0.39 is 0 Å². The molecule has 0 aromatic heterocycles. The number of amides is 1. The van der Waals surface area contributed by atoms with Crippen LogP contribution >= 0.6 is 0 Å². The van der Waals surface area contributed by atoms with Gasteiger partial charge in [0.1, 0.15) is 5.78 Å². The second-order valence-electron chi connectivity index (χ2n) is 4.69. The summed E-state index contributed by atoms with van der Waals surface area (Å²) in [6.07, 6.45) is 5.99. The Balaban J connectivity index is 2.26. The van der Waals surface area contributed by atoms with Gasteiger partial charge in [-0.3, -0.25) is 9.59 Å². The topological polar surface area (TPSA) is 46.2 Å². The predicted octanol–water partition coefficient (Wildman–Crippen LogP) is 2.44. The molecule has 16 heavy (non-hydrogen) atoms. The minimum atomic E-state index is 0.160. The van der Waals surface area contributed by atoms with Gasteiger partial charge in [-0.05, 0) is 32.1 Å². The molecule has 0 bridgehead atoms. The average molecular weight is 225 g/mol. The summed E-state index contributed by atoms with van der Waals surface area (Å²) in [5, 5.41) is 3.05. The number of Topliss-reactive ketones (excluding diaryl/α,β-unsaturated/α-hetero) is 1. The van der Waals surface area contributed by atoms with E-state index in [0.717, 1.165) is 32.1 Å². The van der Waals surface area contributed by atoms with Crippen molar-refractivity contribution in [3.8, 4) is 0 Å². The van der Waals surface area contributed by atoms with Crippen LogP contribution < -0.4 is 5.32 Å². The monoisotopic (exact) mass is 225 g/mol. The Hall–Kier alpha value is -0.860. The van der Waals surface area contributed by atoms with Crippen LogP contribution in [0.2, 0.25) is 0 Å². The highest BCUT2D eigenvalue weighted by molar-refractivity contribution is 5.80. The number of carbonyl (C=O) groups is 2. The first kappa shape index (κ1) is 13.2. The number of rotatable bonds is 5. The van der Waals surface area contributed by atoms with Gasteiger partial charge < -0.3 is 5.32 Å². The molecule has 0 unspecified atom stereocenters. The van der Waals surface area contributed by atoms with Gasteiger partial charge in [0.25, 0.3) is 0 Å². The molecule has 1 saturated carbocycles. The van der Waals surface area contributed by atoms with Crippen LogP contribution in [-0.2, 0) is 9.59 Å². The van der Waals surface area contributed by atoms with Gasteiger partial charge in [-0.25, -0.2) is 0 Å². The number of nitrogens with one attached hydrogen (secondary N) is 1. The lowest BCUT2D eigenvalue weighted by atomic mass is 9.83. The quantitative estimate of drug-likeness (QED) is 0.781. The van der Waals surface area contributed by atoms with Gasteiger partial charge in [0.05, 0.1) is 0 Å². The van der Waals surface area contributed by atoms with Crippen molar-refractivity contribution in [1.29, 1.82) is 0 Å². The number of hydrogen-bond acceptors (Lipinski definition) is 2. The van der Waals surface area contributed by atoms with Gasteiger partial charge in [0.15, 0.2) is 0 Å². The van der Waals surface area contributed by atoms with Crippen LogP contribution in [0.25, 0.3) is 0 Å². The van der Waals surface area contributed by atoms with Crippen LogP contribution in [0.15, 0.2) is 0 Å². The molecule has 0 aliphatic heterocycles. The van der Waals surface area contributed by atoms with E-state index in [4.69, 9.17) is 0 Å². The molecular weight excluding hydrogens is 202 g/mol. The molecule has 1 amide bonds. The van der Waals surface area contributed by atoms with Crippen molar-refractivity contribution in [1.82, 2.24) is 5.32 Å². The van der Waals surface area contributed by atoms with Crippen LogP contribution in [0.5, 0.6) is 0 Å². The minimum absolute atomic E-state index is 0.160. The van der Waals surface area contributed by atoms with Gasteiger partial charge in [-0.2, -0.15) is 0 Å². The van der Waals surface area contributed by atoms with Crippen molar-refractivity contribution in [2.75, 3.05) is 0 Å². The number of ketones is 1. The Kier molecular flexibility index (Phi) is 5.50. The summed E-state index contributed by atoms with van der Waals surface area (Å²) >= 11 is 0. The zero-order valence-electron chi connectivity index (χ0n) is 10.4. The molecule has 1 N–H and O–H groups in total. The normalized spacial score (nSPS) is 25.1. The Morgan fingerprint density at radius 2 is 1.75 bits per heavy atom. The van der Waals surface area contributed by atoms with Crippen LogP contribution in [0, 0.1) is 5.92 Å². The first-order valence-electron chi connectivity index (χ1n) is 6.49. The molecule has 1 aliphatic rings. The number of hydrogen-bond donors (Lipinski definition) is 1. The van der Waals surface area contributed by atoms with Crippen molar-refractivity contribution >= 4 is 11.7 Å². The first-order valence-corrected chi connectivity index (χ1v) is 6.49. The molecule has 3 nitrogen and oxygen atoms in total. The molecule has 0 heterocycles. The van der Waals surface area contributed by atoms with Crippen molar-refractivity contribution in [2.24, 2.45) is 5.92 Å². The van der Waals surface area contributed by atoms with Crippen molar-refractivity contribution in [2.45, 2.75) is 64.8 Å². The van der Waals surface area contributed by atoms with E-state index >= 15 is 0 Å². The molecule has 0 saturated heterocycles. The highest BCUT2D eigenvalue weighted by Gasteiger charge is 2.25. The van der Waals surface area contributed by atoms with E-state index in [1.165, 1.54) is 0 Å². The molecule has 3 heteroatoms. The van der Waals surface area contributed by atoms with Crippen molar-refractivity contribution in [3.05, 3.63) is 0 Å². The average Bonchev–Trinajstić information content (AvgIpc) is 2.29. The molecule has 0 aromatic carbocycles. The summed E-state index contributed by atoms with van der Waals surface area (Å²) in [7, 11) is 0. The summed E-state index contributed by atoms with van der Waals surface area (Å²) in [6.45, 7) is 3.94. The third-order valence-corrected chi connectivity index (χ3v) is 3.37. The van der Waals surface area contributed by atoms with E-state index in [0.29, 0.717) is 24.7 Å². The van der Waals surface area contributed by atoms with Crippen LogP contribution in [-0.4, -0.2) is 17.7 Å². The fraction of sp³-hybridized carbons (Fsp3) is 0.846. The molecule has 1 aliphatic carbocycles. The lowest BCUT2D eigenvalue weighted by Crippen LogP contribution is -2.38. The Bertz CT molecular complexity index is 242. The van der Waals surface area contributed by atoms with Crippen LogP contribution in [0.4, 0.5) is 0 Å². The van der Waals surface area contributed by atoms with E-state index in [1.807, 2.05) is 13.8 Å². The van der Waals surface area contributed by atoms with E-state index in [1.54, 1.807) is 0 Å². The predicted molar refractivity (Wildman–Crippen MR) is 64.1 cm³/mol. The summed E-state index contributed by atoms with van der Waals surface area (Å²) in [6, 6.07) is 0.306. The van der Waals surface area contributed by atoms with Crippen LogP contribution in [0.1, 0.15) is 58.8 Å². The van der Waals surface area contributed by atoms with Gasteiger partial charge in [0, 0.05) is 24.8 Å². The SMILES string of the molecule is CCCC(=O)NC1CCC(C(=O)CC)CC1. The fourth-order valence-corrected chi connectivity index (χ4v) is 2.38. The molecule has 1 fully saturated rings. The summed E-state index contributed by atoms with van der Waals surface area (Å²) < 4.78 is 0. The van der Waals surface area contributed by atoms with Crippen molar-refractivity contribution < 1.29 is 9.59 Å². The maximum atomic E-state index is 11.5. The molecule has 1 rings (SSSR count). The first-order chi connectivity index (χ1) is 7.67. The van der Waals surface area contributed by atoms with Gasteiger partial charge >= 0.3 is 0 Å². The zero-order chi connectivity index (χ0) is 12.0. The third kappa shape index (κ3) is 3.95. The van der Waals surface area contributed by atoms with E-state index in [-0.39, 0.29) is 11.8 Å². The maximum absolute atomic E-state index is 11.5.